The monoisotopic (exact) mass is 413 g/mol. The van der Waals surface area contributed by atoms with Crippen LogP contribution in [0.3, 0.4) is 0 Å². The summed E-state index contributed by atoms with van der Waals surface area (Å²) >= 11 is 0. The van der Waals surface area contributed by atoms with Gasteiger partial charge in [-0.25, -0.2) is 0 Å². The summed E-state index contributed by atoms with van der Waals surface area (Å²) < 4.78 is 17.1. The Kier molecular flexibility index (Phi) is 5.94. The lowest BCUT2D eigenvalue weighted by Gasteiger charge is -2.46. The maximum atomic E-state index is 13.1. The van der Waals surface area contributed by atoms with E-state index in [-0.39, 0.29) is 17.7 Å². The number of benzene rings is 2. The first-order valence-electron chi connectivity index (χ1n) is 9.66. The van der Waals surface area contributed by atoms with E-state index in [4.69, 9.17) is 14.2 Å². The molecule has 0 radical (unpaired) electrons. The molecule has 2 N–H and O–H groups in total. The summed E-state index contributed by atoms with van der Waals surface area (Å²) in [7, 11) is 1.37. The minimum atomic E-state index is -1.28. The van der Waals surface area contributed by atoms with Crippen LogP contribution >= 0.6 is 0 Å². The minimum Gasteiger partial charge on any atom is -0.394 e. The first-order valence-corrected chi connectivity index (χ1v) is 9.66. The summed E-state index contributed by atoms with van der Waals surface area (Å²) in [6.07, 6.45) is -4.36. The zero-order valence-corrected chi connectivity index (χ0v) is 16.4. The Morgan fingerprint density at radius 3 is 2.17 bits per heavy atom. The Balaban J connectivity index is 1.68. The van der Waals surface area contributed by atoms with Crippen LogP contribution in [0.5, 0.6) is 0 Å². The highest BCUT2D eigenvalue weighted by molar-refractivity contribution is 6.21. The SMILES string of the molecule is CO[C@@H]1OC(CO)[C@H](O)C(OCc2ccccc2)C1N1C(=O)c2ccccc2C1=O. The Labute approximate surface area is 173 Å². The maximum absolute atomic E-state index is 13.1. The second kappa shape index (κ2) is 8.63. The average molecular weight is 413 g/mol. The zero-order valence-electron chi connectivity index (χ0n) is 16.4. The van der Waals surface area contributed by atoms with Gasteiger partial charge in [-0.15, -0.1) is 0 Å². The molecule has 5 atom stereocenters. The molecule has 2 heterocycles. The van der Waals surface area contributed by atoms with Crippen molar-refractivity contribution < 1.29 is 34.0 Å². The molecule has 1 fully saturated rings. The first-order chi connectivity index (χ1) is 14.6. The molecule has 2 aromatic carbocycles. The first kappa shape index (κ1) is 20.6. The van der Waals surface area contributed by atoms with E-state index >= 15 is 0 Å². The molecule has 0 spiro atoms. The van der Waals surface area contributed by atoms with Crippen molar-refractivity contribution in [2.45, 2.75) is 37.3 Å². The molecule has 8 heteroatoms. The fourth-order valence-corrected chi connectivity index (χ4v) is 3.96. The number of amides is 2. The fraction of sp³-hybridized carbons (Fsp3) is 0.364. The predicted octanol–water partition coefficient (Wildman–Crippen LogP) is 0.961. The van der Waals surface area contributed by atoms with E-state index in [0.717, 1.165) is 10.5 Å². The lowest BCUT2D eigenvalue weighted by Crippen LogP contribution is -2.66. The summed E-state index contributed by atoms with van der Waals surface area (Å²) in [5.41, 5.74) is 1.41. The van der Waals surface area contributed by atoms with Crippen molar-refractivity contribution in [2.24, 2.45) is 0 Å². The van der Waals surface area contributed by atoms with Crippen LogP contribution in [0, 0.1) is 0 Å². The van der Waals surface area contributed by atoms with Crippen LogP contribution in [0.2, 0.25) is 0 Å². The van der Waals surface area contributed by atoms with Crippen LogP contribution in [0.4, 0.5) is 0 Å². The number of methoxy groups -OCH3 is 1. The number of carbonyl (C=O) groups excluding carboxylic acids is 2. The number of aliphatic hydroxyl groups is 2. The largest absolute Gasteiger partial charge is 0.394 e. The van der Waals surface area contributed by atoms with Crippen LogP contribution in [0.25, 0.3) is 0 Å². The smallest absolute Gasteiger partial charge is 0.262 e. The Hall–Kier alpha value is -2.62. The number of imide groups is 1. The van der Waals surface area contributed by atoms with E-state index in [1.54, 1.807) is 24.3 Å². The number of hydrogen-bond acceptors (Lipinski definition) is 7. The standard InChI is InChI=1S/C22H23NO7/c1-28-22-17(23-20(26)14-9-5-6-10-15(14)21(23)27)19(18(25)16(11-24)30-22)29-12-13-7-3-2-4-8-13/h2-10,16-19,22,24-25H,11-12H2,1H3/t16?,17?,18-,19?,22+/m0/s1. The molecule has 2 amide bonds. The number of hydrogen-bond donors (Lipinski definition) is 2. The second-order valence-electron chi connectivity index (χ2n) is 7.23. The molecule has 0 aliphatic carbocycles. The third-order valence-electron chi connectivity index (χ3n) is 5.46. The highest BCUT2D eigenvalue weighted by atomic mass is 16.7. The number of rotatable bonds is 6. The molecule has 0 aromatic heterocycles. The van der Waals surface area contributed by atoms with Crippen LogP contribution in [0.1, 0.15) is 26.3 Å². The van der Waals surface area contributed by atoms with Gasteiger partial charge in [-0.3, -0.25) is 14.5 Å². The number of ether oxygens (including phenoxy) is 3. The van der Waals surface area contributed by atoms with Crippen molar-refractivity contribution in [1.82, 2.24) is 4.90 Å². The molecular formula is C22H23NO7. The molecule has 0 bridgehead atoms. The molecule has 2 aliphatic rings. The molecular weight excluding hydrogens is 390 g/mol. The van der Waals surface area contributed by atoms with E-state index in [9.17, 15) is 19.8 Å². The van der Waals surface area contributed by atoms with Gasteiger partial charge < -0.3 is 24.4 Å². The molecule has 2 aromatic rings. The van der Waals surface area contributed by atoms with E-state index in [1.807, 2.05) is 30.3 Å². The molecule has 30 heavy (non-hydrogen) atoms. The van der Waals surface area contributed by atoms with E-state index in [0.29, 0.717) is 0 Å². The van der Waals surface area contributed by atoms with Crippen LogP contribution < -0.4 is 0 Å². The summed E-state index contributed by atoms with van der Waals surface area (Å²) in [5.74, 6) is -1.01. The molecule has 1 saturated heterocycles. The number of fused-ring (bicyclic) bond motifs is 1. The normalized spacial score (nSPS) is 28.6. The van der Waals surface area contributed by atoms with Gasteiger partial charge in [0.1, 0.15) is 24.4 Å². The van der Waals surface area contributed by atoms with Crippen LogP contribution in [0.15, 0.2) is 54.6 Å². The number of carbonyl (C=O) groups is 2. The van der Waals surface area contributed by atoms with E-state index in [1.165, 1.54) is 7.11 Å². The van der Waals surface area contributed by atoms with Crippen LogP contribution in [-0.2, 0) is 20.8 Å². The summed E-state index contributed by atoms with van der Waals surface area (Å²) in [4.78, 5) is 27.1. The van der Waals surface area contributed by atoms with E-state index < -0.39 is 49.1 Å². The lowest BCUT2D eigenvalue weighted by molar-refractivity contribution is -0.281. The summed E-state index contributed by atoms with van der Waals surface area (Å²) in [6.45, 7) is -0.335. The lowest BCUT2D eigenvalue weighted by atomic mass is 9.95. The topological polar surface area (TPSA) is 106 Å². The fourth-order valence-electron chi connectivity index (χ4n) is 3.96. The quantitative estimate of drug-likeness (QED) is 0.680. The Morgan fingerprint density at radius 1 is 1.00 bits per heavy atom. The molecule has 2 aliphatic heterocycles. The van der Waals surface area contributed by atoms with Crippen molar-refractivity contribution in [1.29, 1.82) is 0 Å². The van der Waals surface area contributed by atoms with Gasteiger partial charge in [0.05, 0.1) is 24.3 Å². The van der Waals surface area contributed by atoms with Crippen molar-refractivity contribution in [3.8, 4) is 0 Å². The summed E-state index contributed by atoms with van der Waals surface area (Å²) in [5, 5.41) is 20.5. The van der Waals surface area contributed by atoms with Crippen LogP contribution in [-0.4, -0.2) is 71.3 Å². The van der Waals surface area contributed by atoms with E-state index in [2.05, 4.69) is 0 Å². The molecule has 4 rings (SSSR count). The van der Waals surface area contributed by atoms with Gasteiger partial charge >= 0.3 is 0 Å². The van der Waals surface area contributed by atoms with Gasteiger partial charge in [-0.05, 0) is 17.7 Å². The molecule has 3 unspecified atom stereocenters. The zero-order chi connectivity index (χ0) is 21.3. The van der Waals surface area contributed by atoms with Gasteiger partial charge in [0.15, 0.2) is 6.29 Å². The van der Waals surface area contributed by atoms with Gasteiger partial charge in [-0.2, -0.15) is 0 Å². The Bertz CT molecular complexity index is 884. The highest BCUT2D eigenvalue weighted by Crippen LogP contribution is 2.34. The average Bonchev–Trinajstić information content (AvgIpc) is 3.03. The predicted molar refractivity (Wildman–Crippen MR) is 105 cm³/mol. The van der Waals surface area contributed by atoms with Crippen molar-refractivity contribution >= 4 is 11.8 Å². The molecule has 0 saturated carbocycles. The third-order valence-corrected chi connectivity index (χ3v) is 5.46. The molecule has 158 valence electrons. The highest BCUT2D eigenvalue weighted by Gasteiger charge is 2.54. The van der Waals surface area contributed by atoms with Gasteiger partial charge in [0.2, 0.25) is 0 Å². The minimum absolute atomic E-state index is 0.136. The molecule has 8 nitrogen and oxygen atoms in total. The Morgan fingerprint density at radius 2 is 1.60 bits per heavy atom. The number of aliphatic hydroxyl groups excluding tert-OH is 2. The maximum Gasteiger partial charge on any atom is 0.262 e. The second-order valence-corrected chi connectivity index (χ2v) is 7.23. The van der Waals surface area contributed by atoms with Crippen molar-refractivity contribution in [3.63, 3.8) is 0 Å². The van der Waals surface area contributed by atoms with Crippen molar-refractivity contribution in [3.05, 3.63) is 71.3 Å². The van der Waals surface area contributed by atoms with Gasteiger partial charge in [0.25, 0.3) is 11.8 Å². The third kappa shape index (κ3) is 3.53. The number of nitrogens with zero attached hydrogens (tertiary/aromatic N) is 1. The van der Waals surface area contributed by atoms with Crippen molar-refractivity contribution in [2.75, 3.05) is 13.7 Å². The van der Waals surface area contributed by atoms with Gasteiger partial charge in [-0.1, -0.05) is 42.5 Å². The summed E-state index contributed by atoms with van der Waals surface area (Å²) in [6, 6.07) is 14.8. The van der Waals surface area contributed by atoms with Gasteiger partial charge in [0, 0.05) is 7.11 Å².